The minimum absolute atomic E-state index is 0.119. The number of ketones is 2. The number of phenols is 1. The number of aliphatic hydroxyl groups is 4. The number of aromatic hydroxyl groups is 1. The quantitative estimate of drug-likeness (QED) is 0.181. The Bertz CT molecular complexity index is 1290. The second-order valence-corrected chi connectivity index (χ2v) is 9.37. The van der Waals surface area contributed by atoms with Crippen molar-refractivity contribution in [1.82, 2.24) is 4.90 Å². The van der Waals surface area contributed by atoms with Crippen molar-refractivity contribution in [3.05, 3.63) is 50.3 Å². The van der Waals surface area contributed by atoms with Crippen molar-refractivity contribution in [3.8, 4) is 5.75 Å². The fourth-order valence-electron chi connectivity index (χ4n) is 5.68. The molecule has 4 rings (SSSR count). The maximum absolute atomic E-state index is 13.7. The molecule has 0 aliphatic heterocycles. The number of aliphatic hydroxyl groups excluding tert-OH is 2. The summed E-state index contributed by atoms with van der Waals surface area (Å²) in [4.78, 5) is 50.5. The first-order valence-corrected chi connectivity index (χ1v) is 10.5. The number of nitro benzene ring substituents is 1. The van der Waals surface area contributed by atoms with Gasteiger partial charge in [0.05, 0.1) is 22.1 Å². The lowest BCUT2D eigenvalue weighted by Crippen LogP contribution is -2.67. The molecule has 35 heavy (non-hydrogen) atoms. The molecule has 0 saturated heterocycles. The number of nitrogens with two attached hydrogens (primary N) is 1. The second kappa shape index (κ2) is 7.34. The lowest BCUT2D eigenvalue weighted by Gasteiger charge is -2.53. The highest BCUT2D eigenvalue weighted by Gasteiger charge is 2.66. The van der Waals surface area contributed by atoms with Gasteiger partial charge in [-0.25, -0.2) is 0 Å². The number of amides is 1. The third-order valence-corrected chi connectivity index (χ3v) is 7.33. The van der Waals surface area contributed by atoms with E-state index < -0.39 is 91.1 Å². The van der Waals surface area contributed by atoms with Gasteiger partial charge in [-0.2, -0.15) is 0 Å². The van der Waals surface area contributed by atoms with Gasteiger partial charge in [-0.15, -0.1) is 0 Å². The molecule has 1 aromatic rings. The summed E-state index contributed by atoms with van der Waals surface area (Å²) in [5.74, 6) is -9.52. The molecule has 0 radical (unpaired) electrons. The molecular weight excluding hydrogens is 466 g/mol. The van der Waals surface area contributed by atoms with E-state index >= 15 is 0 Å². The summed E-state index contributed by atoms with van der Waals surface area (Å²) in [5, 5.41) is 66.6. The normalized spacial score (nSPS) is 32.3. The zero-order valence-electron chi connectivity index (χ0n) is 18.8. The molecule has 13 nitrogen and oxygen atoms in total. The number of nitro groups is 1. The Balaban J connectivity index is 2.06. The lowest BCUT2D eigenvalue weighted by atomic mass is 9.54. The zero-order chi connectivity index (χ0) is 26.4. The fourth-order valence-corrected chi connectivity index (χ4v) is 5.68. The molecule has 13 heteroatoms. The SMILES string of the molecule is CN(C)[C@@H]1C(=O)C(C(N)=O)=C(O)[C@@]2(O)C(=O)C3=C(O)c4c(ccc([N+](=O)[O-])c4O)[C@@](C)(O)[C@H]3C[C@@H]12. The number of carbonyl (C=O) groups is 3. The number of benzene rings is 1. The Labute approximate surface area is 197 Å². The van der Waals surface area contributed by atoms with Gasteiger partial charge >= 0.3 is 5.69 Å². The third kappa shape index (κ3) is 2.89. The Morgan fingerprint density at radius 1 is 1.20 bits per heavy atom. The number of likely N-dealkylation sites (N-methyl/N-ethyl adjacent to an activating group) is 1. The second-order valence-electron chi connectivity index (χ2n) is 9.37. The van der Waals surface area contributed by atoms with Crippen LogP contribution in [0.3, 0.4) is 0 Å². The number of primary amides is 1. The van der Waals surface area contributed by atoms with E-state index in [-0.39, 0.29) is 12.0 Å². The molecular formula is C22H23N3O10. The monoisotopic (exact) mass is 489 g/mol. The Kier molecular flexibility index (Phi) is 5.10. The average molecular weight is 489 g/mol. The largest absolute Gasteiger partial charge is 0.508 e. The van der Waals surface area contributed by atoms with Crippen LogP contribution in [0.15, 0.2) is 29.0 Å². The summed E-state index contributed by atoms with van der Waals surface area (Å²) >= 11 is 0. The van der Waals surface area contributed by atoms with E-state index in [9.17, 15) is 50.0 Å². The van der Waals surface area contributed by atoms with Crippen LogP contribution in [0.1, 0.15) is 24.5 Å². The van der Waals surface area contributed by atoms with Crippen LogP contribution < -0.4 is 5.73 Å². The first-order valence-electron chi connectivity index (χ1n) is 10.5. The van der Waals surface area contributed by atoms with Gasteiger partial charge in [-0.1, -0.05) is 0 Å². The smallest absolute Gasteiger partial charge is 0.311 e. The predicted molar refractivity (Wildman–Crippen MR) is 117 cm³/mol. The summed E-state index contributed by atoms with van der Waals surface area (Å²) in [6, 6.07) is 0.750. The van der Waals surface area contributed by atoms with Crippen LogP contribution in [-0.4, -0.2) is 78.6 Å². The molecule has 0 bridgehead atoms. The van der Waals surface area contributed by atoms with Crippen molar-refractivity contribution in [2.45, 2.75) is 30.6 Å². The van der Waals surface area contributed by atoms with Crippen molar-refractivity contribution >= 4 is 28.9 Å². The molecule has 7 N–H and O–H groups in total. The minimum atomic E-state index is -2.89. The highest BCUT2D eigenvalue weighted by Crippen LogP contribution is 2.57. The number of Topliss-reactive ketones (excluding diaryl/α,β-unsaturated/α-hetero) is 2. The molecule has 3 aliphatic carbocycles. The van der Waals surface area contributed by atoms with Crippen LogP contribution in [0, 0.1) is 22.0 Å². The van der Waals surface area contributed by atoms with Gasteiger partial charge in [-0.05, 0) is 39.1 Å². The molecule has 186 valence electrons. The number of hydrogen-bond acceptors (Lipinski definition) is 11. The van der Waals surface area contributed by atoms with Gasteiger partial charge in [0.2, 0.25) is 11.5 Å². The van der Waals surface area contributed by atoms with Gasteiger partial charge in [-0.3, -0.25) is 29.4 Å². The molecule has 0 heterocycles. The number of hydrogen-bond donors (Lipinski definition) is 6. The van der Waals surface area contributed by atoms with Crippen molar-refractivity contribution in [2.75, 3.05) is 14.1 Å². The Morgan fingerprint density at radius 2 is 1.80 bits per heavy atom. The molecule has 0 spiro atoms. The number of carbonyl (C=O) groups excluding carboxylic acids is 3. The third-order valence-electron chi connectivity index (χ3n) is 7.33. The van der Waals surface area contributed by atoms with Gasteiger partial charge in [0.15, 0.2) is 11.4 Å². The van der Waals surface area contributed by atoms with Gasteiger partial charge < -0.3 is 31.3 Å². The van der Waals surface area contributed by atoms with Crippen LogP contribution in [0.5, 0.6) is 5.75 Å². The number of phenolic OH excluding ortho intramolecular Hbond substituents is 1. The minimum Gasteiger partial charge on any atom is -0.508 e. The lowest BCUT2D eigenvalue weighted by molar-refractivity contribution is -0.385. The van der Waals surface area contributed by atoms with E-state index in [1.165, 1.54) is 25.9 Å². The fraction of sp³-hybridized carbons (Fsp3) is 0.409. The number of rotatable bonds is 3. The number of fused-ring (bicyclic) bond motifs is 3. The van der Waals surface area contributed by atoms with E-state index in [1.54, 1.807) is 0 Å². The van der Waals surface area contributed by atoms with Crippen molar-refractivity contribution < 1.29 is 44.8 Å². The molecule has 0 aromatic heterocycles. The summed E-state index contributed by atoms with van der Waals surface area (Å²) in [7, 11) is 2.89. The van der Waals surface area contributed by atoms with Crippen LogP contribution in [0.2, 0.25) is 0 Å². The average Bonchev–Trinajstić information content (AvgIpc) is 2.73. The predicted octanol–water partition coefficient (Wildman–Crippen LogP) is -0.463. The first kappa shape index (κ1) is 24.3. The maximum Gasteiger partial charge on any atom is 0.311 e. The molecule has 1 saturated carbocycles. The van der Waals surface area contributed by atoms with Crippen LogP contribution in [0.4, 0.5) is 5.69 Å². The standard InChI is InChI=1S/C22H23N3O10/c1-21(32)7-4-5-10(25(34)35)15(26)11(7)16(27)12-8(21)6-9-14(24(2)3)17(28)13(20(23)31)19(30)22(9,33)18(12)29/h4-5,8-9,14,26-27,30,32-33H,6H2,1-3H3,(H2,23,31)/t8-,9-,14-,21+,22-/m0/s1. The molecule has 1 fully saturated rings. The van der Waals surface area contributed by atoms with E-state index in [2.05, 4.69) is 0 Å². The summed E-state index contributed by atoms with van der Waals surface area (Å²) < 4.78 is 0. The zero-order valence-corrected chi connectivity index (χ0v) is 18.8. The van der Waals surface area contributed by atoms with Crippen LogP contribution in [0.25, 0.3) is 5.76 Å². The van der Waals surface area contributed by atoms with E-state index in [1.807, 2.05) is 0 Å². The topological polar surface area (TPSA) is 225 Å². The molecule has 1 aromatic carbocycles. The van der Waals surface area contributed by atoms with Gasteiger partial charge in [0.1, 0.15) is 17.1 Å². The molecule has 3 aliphatic rings. The van der Waals surface area contributed by atoms with Gasteiger partial charge in [0.25, 0.3) is 5.91 Å². The summed E-state index contributed by atoms with van der Waals surface area (Å²) in [5.41, 5.74) is -2.76. The molecule has 5 atom stereocenters. The Morgan fingerprint density at radius 3 is 2.31 bits per heavy atom. The van der Waals surface area contributed by atoms with E-state index in [0.29, 0.717) is 0 Å². The molecule has 0 unspecified atom stereocenters. The first-order chi connectivity index (χ1) is 16.1. The van der Waals surface area contributed by atoms with Crippen molar-refractivity contribution in [1.29, 1.82) is 0 Å². The van der Waals surface area contributed by atoms with Crippen LogP contribution >= 0.6 is 0 Å². The van der Waals surface area contributed by atoms with Crippen molar-refractivity contribution in [2.24, 2.45) is 17.6 Å². The van der Waals surface area contributed by atoms with Gasteiger partial charge in [0, 0.05) is 23.5 Å². The maximum atomic E-state index is 13.7. The number of nitrogens with zero attached hydrogens (tertiary/aromatic N) is 2. The molecule has 1 amide bonds. The highest BCUT2D eigenvalue weighted by atomic mass is 16.6. The van der Waals surface area contributed by atoms with E-state index in [4.69, 9.17) is 5.73 Å². The summed E-state index contributed by atoms with van der Waals surface area (Å²) in [6.45, 7) is 1.26. The van der Waals surface area contributed by atoms with Crippen LogP contribution in [-0.2, 0) is 20.0 Å². The van der Waals surface area contributed by atoms with E-state index in [0.717, 1.165) is 12.1 Å². The summed E-state index contributed by atoms with van der Waals surface area (Å²) in [6.07, 6.45) is -0.337. The Hall–Kier alpha value is -3.81. The van der Waals surface area contributed by atoms with Crippen molar-refractivity contribution in [3.63, 3.8) is 0 Å². The highest BCUT2D eigenvalue weighted by molar-refractivity contribution is 6.24.